The van der Waals surface area contributed by atoms with Gasteiger partial charge in [0.15, 0.2) is 0 Å². The molecule has 0 aliphatic carbocycles. The lowest BCUT2D eigenvalue weighted by molar-refractivity contribution is -0.00515. The number of aliphatic hydroxyl groups excluding tert-OH is 1. The Labute approximate surface area is 117 Å². The van der Waals surface area contributed by atoms with Crippen molar-refractivity contribution in [3.05, 3.63) is 65.0 Å². The van der Waals surface area contributed by atoms with E-state index in [9.17, 15) is 9.50 Å². The van der Waals surface area contributed by atoms with Crippen molar-refractivity contribution in [2.75, 3.05) is 0 Å². The normalized spacial score (nSPS) is 24.9. The Balaban J connectivity index is 2.04. The van der Waals surface area contributed by atoms with Crippen LogP contribution in [0.3, 0.4) is 0 Å². The molecule has 104 valence electrons. The first-order valence-corrected chi connectivity index (χ1v) is 6.72. The SMILES string of the molecule is Cc1cccc(C2(C)CC(O)c3cc(F)ccc3O2)c1. The molecule has 1 heterocycles. The van der Waals surface area contributed by atoms with Gasteiger partial charge in [0.2, 0.25) is 0 Å². The lowest BCUT2D eigenvalue weighted by Gasteiger charge is -2.38. The molecule has 1 aliphatic heterocycles. The van der Waals surface area contributed by atoms with Crippen molar-refractivity contribution < 1.29 is 14.2 Å². The zero-order valence-electron chi connectivity index (χ0n) is 11.6. The smallest absolute Gasteiger partial charge is 0.134 e. The molecule has 0 fully saturated rings. The van der Waals surface area contributed by atoms with Crippen molar-refractivity contribution in [2.45, 2.75) is 32.0 Å². The molecule has 0 saturated carbocycles. The molecule has 2 atom stereocenters. The maximum absolute atomic E-state index is 13.3. The number of rotatable bonds is 1. The van der Waals surface area contributed by atoms with E-state index in [0.717, 1.165) is 11.1 Å². The average Bonchev–Trinajstić information content (AvgIpc) is 2.40. The van der Waals surface area contributed by atoms with E-state index >= 15 is 0 Å². The molecule has 2 aromatic rings. The molecule has 2 aromatic carbocycles. The van der Waals surface area contributed by atoms with Crippen LogP contribution in [0.2, 0.25) is 0 Å². The minimum Gasteiger partial charge on any atom is -0.482 e. The molecule has 20 heavy (non-hydrogen) atoms. The highest BCUT2D eigenvalue weighted by Crippen LogP contribution is 2.44. The van der Waals surface area contributed by atoms with Gasteiger partial charge in [0, 0.05) is 12.0 Å². The zero-order valence-corrected chi connectivity index (χ0v) is 11.6. The molecule has 3 rings (SSSR count). The lowest BCUT2D eigenvalue weighted by Crippen LogP contribution is -2.35. The highest BCUT2D eigenvalue weighted by molar-refractivity contribution is 5.40. The molecule has 0 saturated heterocycles. The first-order valence-electron chi connectivity index (χ1n) is 6.72. The van der Waals surface area contributed by atoms with Gasteiger partial charge in [-0.05, 0) is 37.6 Å². The Morgan fingerprint density at radius 3 is 2.80 bits per heavy atom. The second-order valence-corrected chi connectivity index (χ2v) is 5.60. The molecule has 0 amide bonds. The van der Waals surface area contributed by atoms with E-state index in [1.165, 1.54) is 12.1 Å². The number of ether oxygens (including phenoxy) is 1. The van der Waals surface area contributed by atoms with Crippen LogP contribution in [0.1, 0.15) is 36.1 Å². The van der Waals surface area contributed by atoms with E-state index in [0.29, 0.717) is 17.7 Å². The van der Waals surface area contributed by atoms with E-state index in [2.05, 4.69) is 6.07 Å². The Hall–Kier alpha value is -1.87. The molecule has 2 nitrogen and oxygen atoms in total. The van der Waals surface area contributed by atoms with Gasteiger partial charge >= 0.3 is 0 Å². The van der Waals surface area contributed by atoms with Crippen LogP contribution >= 0.6 is 0 Å². The van der Waals surface area contributed by atoms with E-state index in [4.69, 9.17) is 4.74 Å². The summed E-state index contributed by atoms with van der Waals surface area (Å²) in [5.74, 6) is 0.194. The van der Waals surface area contributed by atoms with Crippen molar-refractivity contribution in [2.24, 2.45) is 0 Å². The molecule has 0 bridgehead atoms. The van der Waals surface area contributed by atoms with Gasteiger partial charge in [-0.25, -0.2) is 4.39 Å². The van der Waals surface area contributed by atoms with E-state index in [1.807, 2.05) is 32.0 Å². The molecule has 0 spiro atoms. The van der Waals surface area contributed by atoms with Crippen LogP contribution < -0.4 is 4.74 Å². The maximum atomic E-state index is 13.3. The average molecular weight is 272 g/mol. The Bertz CT molecular complexity index is 653. The van der Waals surface area contributed by atoms with Gasteiger partial charge in [0.25, 0.3) is 0 Å². The topological polar surface area (TPSA) is 29.5 Å². The Morgan fingerprint density at radius 2 is 2.05 bits per heavy atom. The van der Waals surface area contributed by atoms with Gasteiger partial charge in [-0.3, -0.25) is 0 Å². The van der Waals surface area contributed by atoms with Crippen molar-refractivity contribution >= 4 is 0 Å². The summed E-state index contributed by atoms with van der Waals surface area (Å²) in [5.41, 5.74) is 2.09. The second kappa shape index (κ2) is 4.60. The summed E-state index contributed by atoms with van der Waals surface area (Å²) in [7, 11) is 0. The number of benzene rings is 2. The number of fused-ring (bicyclic) bond motifs is 1. The van der Waals surface area contributed by atoms with Crippen LogP contribution in [0.5, 0.6) is 5.75 Å². The van der Waals surface area contributed by atoms with Crippen LogP contribution in [0.15, 0.2) is 42.5 Å². The van der Waals surface area contributed by atoms with E-state index in [1.54, 1.807) is 6.07 Å². The summed E-state index contributed by atoms with van der Waals surface area (Å²) in [6.07, 6.45) is -0.313. The monoisotopic (exact) mass is 272 g/mol. The first kappa shape index (κ1) is 13.1. The molecular weight excluding hydrogens is 255 g/mol. The van der Waals surface area contributed by atoms with Gasteiger partial charge in [-0.15, -0.1) is 0 Å². The molecule has 0 radical (unpaired) electrons. The van der Waals surface area contributed by atoms with Crippen LogP contribution in [-0.4, -0.2) is 5.11 Å². The number of aliphatic hydroxyl groups is 1. The molecule has 3 heteroatoms. The van der Waals surface area contributed by atoms with Crippen molar-refractivity contribution in [3.8, 4) is 5.75 Å². The summed E-state index contributed by atoms with van der Waals surface area (Å²) < 4.78 is 19.3. The Morgan fingerprint density at radius 1 is 1.25 bits per heavy atom. The van der Waals surface area contributed by atoms with Crippen LogP contribution in [0.25, 0.3) is 0 Å². The third-order valence-electron chi connectivity index (χ3n) is 3.88. The number of aryl methyl sites for hydroxylation is 1. The van der Waals surface area contributed by atoms with Crippen molar-refractivity contribution in [1.82, 2.24) is 0 Å². The molecule has 1 aliphatic rings. The predicted octanol–water partition coefficient (Wildman–Crippen LogP) is 3.87. The first-order chi connectivity index (χ1) is 9.48. The molecule has 2 unspecified atom stereocenters. The standard InChI is InChI=1S/C17H17FO2/c1-11-4-3-5-12(8-11)17(2)10-15(19)14-9-13(18)6-7-16(14)20-17/h3-9,15,19H,10H2,1-2H3. The largest absolute Gasteiger partial charge is 0.482 e. The fraction of sp³-hybridized carbons (Fsp3) is 0.294. The fourth-order valence-electron chi connectivity index (χ4n) is 2.79. The van der Waals surface area contributed by atoms with Crippen molar-refractivity contribution in [1.29, 1.82) is 0 Å². The summed E-state index contributed by atoms with van der Waals surface area (Å²) in [5, 5.41) is 10.3. The summed E-state index contributed by atoms with van der Waals surface area (Å²) >= 11 is 0. The minimum atomic E-state index is -0.722. The van der Waals surface area contributed by atoms with Crippen molar-refractivity contribution in [3.63, 3.8) is 0 Å². The summed E-state index contributed by atoms with van der Waals surface area (Å²) in [6.45, 7) is 3.98. The second-order valence-electron chi connectivity index (χ2n) is 5.60. The fourth-order valence-corrected chi connectivity index (χ4v) is 2.79. The number of halogens is 1. The van der Waals surface area contributed by atoms with Crippen LogP contribution in [0, 0.1) is 12.7 Å². The Kier molecular flexibility index (Phi) is 3.02. The quantitative estimate of drug-likeness (QED) is 0.854. The molecule has 1 N–H and O–H groups in total. The van der Waals surface area contributed by atoms with Gasteiger partial charge in [-0.2, -0.15) is 0 Å². The van der Waals surface area contributed by atoms with Gasteiger partial charge in [-0.1, -0.05) is 29.8 Å². The zero-order chi connectivity index (χ0) is 14.3. The highest BCUT2D eigenvalue weighted by Gasteiger charge is 2.38. The van der Waals surface area contributed by atoms with Gasteiger partial charge in [0.05, 0.1) is 6.10 Å². The number of hydrogen-bond acceptors (Lipinski definition) is 2. The lowest BCUT2D eigenvalue weighted by atomic mass is 9.84. The van der Waals surface area contributed by atoms with E-state index in [-0.39, 0.29) is 5.82 Å². The van der Waals surface area contributed by atoms with Crippen LogP contribution in [-0.2, 0) is 5.60 Å². The third-order valence-corrected chi connectivity index (χ3v) is 3.88. The van der Waals surface area contributed by atoms with E-state index < -0.39 is 11.7 Å². The summed E-state index contributed by atoms with van der Waals surface area (Å²) in [6, 6.07) is 12.3. The van der Waals surface area contributed by atoms with Gasteiger partial charge < -0.3 is 9.84 Å². The number of hydrogen-bond donors (Lipinski definition) is 1. The predicted molar refractivity (Wildman–Crippen MR) is 75.1 cm³/mol. The molecule has 0 aromatic heterocycles. The third kappa shape index (κ3) is 2.18. The highest BCUT2D eigenvalue weighted by atomic mass is 19.1. The minimum absolute atomic E-state index is 0.356. The molecular formula is C17H17FO2. The van der Waals surface area contributed by atoms with Crippen LogP contribution in [0.4, 0.5) is 4.39 Å². The van der Waals surface area contributed by atoms with Gasteiger partial charge in [0.1, 0.15) is 17.2 Å². The maximum Gasteiger partial charge on any atom is 0.134 e. The summed E-state index contributed by atoms with van der Waals surface area (Å²) in [4.78, 5) is 0.